The number of nitrogens with two attached hydrogens (primary N) is 1. The molecule has 0 aromatic heterocycles. The third kappa shape index (κ3) is 3.27. The molecule has 0 aliphatic heterocycles. The number of nitrogen functional groups attached to an aromatic ring is 1. The predicted molar refractivity (Wildman–Crippen MR) is 82.9 cm³/mol. The molecule has 2 aromatic carbocycles. The number of halogens is 2. The summed E-state index contributed by atoms with van der Waals surface area (Å²) in [6, 6.07) is 10.5. The van der Waals surface area contributed by atoms with E-state index in [1.54, 1.807) is 12.1 Å². The molecule has 0 heterocycles. The second-order valence-corrected chi connectivity index (χ2v) is 5.63. The summed E-state index contributed by atoms with van der Waals surface area (Å²) < 4.78 is 1.80. The van der Waals surface area contributed by atoms with Gasteiger partial charge in [-0.1, -0.05) is 15.9 Å². The molecule has 0 amide bonds. The molecule has 2 rings (SSSR count). The number of benzene rings is 2. The fraction of sp³-hybridized carbons (Fsp3) is 0. The van der Waals surface area contributed by atoms with Crippen LogP contribution in [0.4, 0.5) is 17.1 Å². The molecule has 4 nitrogen and oxygen atoms in total. The average molecular weight is 386 g/mol. The van der Waals surface area contributed by atoms with Crippen molar-refractivity contribution < 1.29 is 9.90 Å². The van der Waals surface area contributed by atoms with Gasteiger partial charge in [-0.15, -0.1) is 0 Å². The summed E-state index contributed by atoms with van der Waals surface area (Å²) in [4.78, 5) is 11.0. The maximum absolute atomic E-state index is 11.0. The first-order valence-electron chi connectivity index (χ1n) is 5.32. The van der Waals surface area contributed by atoms with Crippen LogP contribution in [-0.4, -0.2) is 11.1 Å². The normalized spacial score (nSPS) is 10.2. The van der Waals surface area contributed by atoms with Crippen LogP contribution in [0, 0.1) is 0 Å². The molecule has 0 saturated heterocycles. The van der Waals surface area contributed by atoms with E-state index < -0.39 is 5.97 Å². The highest BCUT2D eigenvalue weighted by Gasteiger charge is 2.09. The molecule has 0 saturated carbocycles. The standard InChI is InChI=1S/C13H10Br2N2O2/c14-7-1-3-10(15)12(5-7)17-8-2-4-11(16)9(6-8)13(18)19/h1-6,17H,16H2,(H,18,19). The van der Waals surface area contributed by atoms with Crippen molar-refractivity contribution in [1.29, 1.82) is 0 Å². The van der Waals surface area contributed by atoms with Gasteiger partial charge < -0.3 is 16.2 Å². The quantitative estimate of drug-likeness (QED) is 0.691. The molecule has 0 aliphatic rings. The fourth-order valence-electron chi connectivity index (χ4n) is 1.57. The van der Waals surface area contributed by atoms with Crippen molar-refractivity contribution in [2.75, 3.05) is 11.1 Å². The molecular formula is C13H10Br2N2O2. The first kappa shape index (κ1) is 13.9. The van der Waals surface area contributed by atoms with Gasteiger partial charge in [0.2, 0.25) is 0 Å². The first-order valence-corrected chi connectivity index (χ1v) is 6.91. The fourth-order valence-corrected chi connectivity index (χ4v) is 2.27. The SMILES string of the molecule is Nc1ccc(Nc2cc(Br)ccc2Br)cc1C(=O)O. The van der Waals surface area contributed by atoms with Gasteiger partial charge in [0.1, 0.15) is 0 Å². The lowest BCUT2D eigenvalue weighted by Crippen LogP contribution is -2.03. The Kier molecular flexibility index (Phi) is 4.11. The molecule has 6 heteroatoms. The molecule has 0 bridgehead atoms. The highest BCUT2D eigenvalue weighted by Crippen LogP contribution is 2.30. The summed E-state index contributed by atoms with van der Waals surface area (Å²) in [5, 5.41) is 12.2. The summed E-state index contributed by atoms with van der Waals surface area (Å²) in [6.07, 6.45) is 0. The minimum absolute atomic E-state index is 0.0797. The molecule has 0 aliphatic carbocycles. The Labute approximate surface area is 126 Å². The lowest BCUT2D eigenvalue weighted by Gasteiger charge is -2.10. The van der Waals surface area contributed by atoms with Crippen LogP contribution in [0.5, 0.6) is 0 Å². The first-order chi connectivity index (χ1) is 8.97. The highest BCUT2D eigenvalue weighted by molar-refractivity contribution is 9.11. The van der Waals surface area contributed by atoms with E-state index in [1.807, 2.05) is 18.2 Å². The monoisotopic (exact) mass is 384 g/mol. The third-order valence-corrected chi connectivity index (χ3v) is 3.68. The van der Waals surface area contributed by atoms with Crippen LogP contribution < -0.4 is 11.1 Å². The summed E-state index contributed by atoms with van der Waals surface area (Å²) in [6.45, 7) is 0. The zero-order chi connectivity index (χ0) is 14.0. The average Bonchev–Trinajstić information content (AvgIpc) is 2.36. The molecule has 0 fully saturated rings. The van der Waals surface area contributed by atoms with Crippen LogP contribution in [0.1, 0.15) is 10.4 Å². The number of hydrogen-bond acceptors (Lipinski definition) is 3. The Balaban J connectivity index is 2.36. The molecule has 4 N–H and O–H groups in total. The van der Waals surface area contributed by atoms with E-state index in [1.165, 1.54) is 6.07 Å². The number of hydrogen-bond donors (Lipinski definition) is 3. The summed E-state index contributed by atoms with van der Waals surface area (Å²) >= 11 is 6.81. The second kappa shape index (κ2) is 5.63. The van der Waals surface area contributed by atoms with Crippen LogP contribution in [0.15, 0.2) is 45.3 Å². The maximum Gasteiger partial charge on any atom is 0.337 e. The largest absolute Gasteiger partial charge is 0.478 e. The van der Waals surface area contributed by atoms with Crippen molar-refractivity contribution in [1.82, 2.24) is 0 Å². The van der Waals surface area contributed by atoms with Crippen molar-refractivity contribution in [3.8, 4) is 0 Å². The van der Waals surface area contributed by atoms with Crippen molar-refractivity contribution in [2.24, 2.45) is 0 Å². The van der Waals surface area contributed by atoms with Crippen LogP contribution in [0.25, 0.3) is 0 Å². The van der Waals surface area contributed by atoms with Gasteiger partial charge in [-0.25, -0.2) is 4.79 Å². The lowest BCUT2D eigenvalue weighted by molar-refractivity contribution is 0.0698. The molecule has 2 aromatic rings. The smallest absolute Gasteiger partial charge is 0.337 e. The van der Waals surface area contributed by atoms with E-state index >= 15 is 0 Å². The van der Waals surface area contributed by atoms with Crippen LogP contribution >= 0.6 is 31.9 Å². The Morgan fingerprint density at radius 3 is 2.58 bits per heavy atom. The van der Waals surface area contributed by atoms with Crippen molar-refractivity contribution in [3.05, 3.63) is 50.9 Å². The number of anilines is 3. The Hall–Kier alpha value is -1.53. The number of carboxylic acids is 1. The number of rotatable bonds is 3. The van der Waals surface area contributed by atoms with Gasteiger partial charge in [0.25, 0.3) is 0 Å². The topological polar surface area (TPSA) is 75.3 Å². The zero-order valence-corrected chi connectivity index (χ0v) is 12.8. The number of aromatic carboxylic acids is 1. The number of carbonyl (C=O) groups is 1. The van der Waals surface area contributed by atoms with E-state index in [9.17, 15) is 4.79 Å². The minimum atomic E-state index is -1.05. The molecule has 0 spiro atoms. The Morgan fingerprint density at radius 2 is 1.89 bits per heavy atom. The van der Waals surface area contributed by atoms with Crippen LogP contribution in [0.3, 0.4) is 0 Å². The molecule has 98 valence electrons. The summed E-state index contributed by atoms with van der Waals surface area (Å²) in [5.41, 5.74) is 7.42. The van der Waals surface area contributed by atoms with E-state index in [4.69, 9.17) is 10.8 Å². The lowest BCUT2D eigenvalue weighted by atomic mass is 10.1. The molecule has 0 unspecified atom stereocenters. The highest BCUT2D eigenvalue weighted by atomic mass is 79.9. The Morgan fingerprint density at radius 1 is 1.16 bits per heavy atom. The minimum Gasteiger partial charge on any atom is -0.478 e. The van der Waals surface area contributed by atoms with Gasteiger partial charge >= 0.3 is 5.97 Å². The van der Waals surface area contributed by atoms with Crippen molar-refractivity contribution in [2.45, 2.75) is 0 Å². The third-order valence-electron chi connectivity index (χ3n) is 2.49. The van der Waals surface area contributed by atoms with E-state index in [2.05, 4.69) is 37.2 Å². The van der Waals surface area contributed by atoms with Crippen LogP contribution in [0.2, 0.25) is 0 Å². The van der Waals surface area contributed by atoms with Gasteiger partial charge in [0.05, 0.1) is 11.3 Å². The molecule has 0 atom stereocenters. The number of nitrogens with one attached hydrogen (secondary N) is 1. The Bertz CT molecular complexity index is 645. The van der Waals surface area contributed by atoms with Gasteiger partial charge in [-0.3, -0.25) is 0 Å². The van der Waals surface area contributed by atoms with E-state index in [-0.39, 0.29) is 11.3 Å². The zero-order valence-electron chi connectivity index (χ0n) is 9.65. The van der Waals surface area contributed by atoms with Crippen molar-refractivity contribution >= 4 is 54.9 Å². The summed E-state index contributed by atoms with van der Waals surface area (Å²) in [5.74, 6) is -1.05. The summed E-state index contributed by atoms with van der Waals surface area (Å²) in [7, 11) is 0. The number of carboxylic acid groups (broad SMARTS) is 1. The molecule has 19 heavy (non-hydrogen) atoms. The van der Waals surface area contributed by atoms with Crippen molar-refractivity contribution in [3.63, 3.8) is 0 Å². The second-order valence-electron chi connectivity index (χ2n) is 3.86. The van der Waals surface area contributed by atoms with Gasteiger partial charge in [0.15, 0.2) is 0 Å². The maximum atomic E-state index is 11.0. The van der Waals surface area contributed by atoms with Gasteiger partial charge in [0, 0.05) is 20.3 Å². The van der Waals surface area contributed by atoms with E-state index in [0.717, 1.165) is 14.6 Å². The predicted octanol–water partition coefficient (Wildman–Crippen LogP) is 4.24. The molecular weight excluding hydrogens is 376 g/mol. The van der Waals surface area contributed by atoms with Gasteiger partial charge in [-0.2, -0.15) is 0 Å². The van der Waals surface area contributed by atoms with Gasteiger partial charge in [-0.05, 0) is 52.3 Å². The van der Waals surface area contributed by atoms with E-state index in [0.29, 0.717) is 5.69 Å². The van der Waals surface area contributed by atoms with Crippen LogP contribution in [-0.2, 0) is 0 Å². The molecule has 0 radical (unpaired) electrons.